The number of hydrogen-bond donors (Lipinski definition) is 0. The van der Waals surface area contributed by atoms with Gasteiger partial charge in [0.25, 0.3) is 0 Å². The van der Waals surface area contributed by atoms with Gasteiger partial charge in [-0.3, -0.25) is 0 Å². The molecule has 1 aromatic rings. The van der Waals surface area contributed by atoms with Gasteiger partial charge in [-0.1, -0.05) is 24.3 Å². The van der Waals surface area contributed by atoms with Gasteiger partial charge >= 0.3 is 0 Å². The van der Waals surface area contributed by atoms with Crippen molar-refractivity contribution in [1.29, 1.82) is 0 Å². The van der Waals surface area contributed by atoms with Gasteiger partial charge in [0.2, 0.25) is 0 Å². The topological polar surface area (TPSA) is 9.23 Å². The summed E-state index contributed by atoms with van der Waals surface area (Å²) < 4.78 is 5.34. The Morgan fingerprint density at radius 3 is 2.67 bits per heavy atom. The molecule has 2 rings (SSSR count). The quantitative estimate of drug-likeness (QED) is 0.619. The van der Waals surface area contributed by atoms with Crippen molar-refractivity contribution in [2.75, 3.05) is 6.61 Å². The summed E-state index contributed by atoms with van der Waals surface area (Å²) in [7, 11) is 0. The maximum atomic E-state index is 5.34. The number of fused-ring (bicyclic) bond motifs is 1. The largest absolute Gasteiger partial charge is 0.489 e. The van der Waals surface area contributed by atoms with E-state index in [1.54, 1.807) is 0 Å². The van der Waals surface area contributed by atoms with Gasteiger partial charge in [-0.25, -0.2) is 0 Å². The van der Waals surface area contributed by atoms with Crippen molar-refractivity contribution in [3.05, 3.63) is 35.9 Å². The number of para-hydroxylation sites is 1. The van der Waals surface area contributed by atoms with Crippen LogP contribution in [0.1, 0.15) is 5.56 Å². The summed E-state index contributed by atoms with van der Waals surface area (Å²) in [5.74, 6) is 0.991. The molecule has 0 unspecified atom stereocenters. The van der Waals surface area contributed by atoms with E-state index in [-0.39, 0.29) is 38.9 Å². The van der Waals surface area contributed by atoms with Gasteiger partial charge in [-0.05, 0) is 12.1 Å². The van der Waals surface area contributed by atoms with E-state index in [1.807, 2.05) is 30.3 Å². The molecule has 0 fully saturated rings. The maximum Gasteiger partial charge on any atom is 0.126 e. The van der Waals surface area contributed by atoms with Crippen molar-refractivity contribution >= 4 is 6.08 Å². The van der Waals surface area contributed by atoms with Crippen molar-refractivity contribution in [2.24, 2.45) is 0 Å². The second-order valence-electron chi connectivity index (χ2n) is 2.25. The zero-order valence-electron chi connectivity index (χ0n) is 6.20. The van der Waals surface area contributed by atoms with Crippen LogP contribution in [0.5, 0.6) is 5.75 Å². The molecule has 0 aliphatic carbocycles. The van der Waals surface area contributed by atoms with Crippen molar-refractivity contribution < 1.29 is 43.6 Å². The van der Waals surface area contributed by atoms with Crippen LogP contribution in [0, 0.1) is 0 Å². The van der Waals surface area contributed by atoms with E-state index < -0.39 is 0 Å². The average molecular weight is 388 g/mol. The first-order chi connectivity index (χ1) is 4.97. The summed E-state index contributed by atoms with van der Waals surface area (Å²) in [6, 6.07) is 8.03. The summed E-state index contributed by atoms with van der Waals surface area (Å²) in [4.78, 5) is 0. The molecule has 0 spiro atoms. The van der Waals surface area contributed by atoms with Gasteiger partial charge in [0.1, 0.15) is 12.4 Å². The molecule has 12 heavy (non-hydrogen) atoms. The van der Waals surface area contributed by atoms with E-state index in [1.165, 1.54) is 5.56 Å². The van der Waals surface area contributed by atoms with Crippen LogP contribution >= 0.6 is 0 Å². The SMILES string of the molecule is C1=Cc2ccccc2OC1.[Au].[Ni]. The van der Waals surface area contributed by atoms with Gasteiger partial charge < -0.3 is 4.74 Å². The first kappa shape index (κ1) is 12.0. The standard InChI is InChI=1S/C9H8O.Au.Ni/c1-2-6-9-8(4-1)5-3-7-10-9;;/h1-6H,7H2;;. The minimum Gasteiger partial charge on any atom is -0.489 e. The molecule has 3 heteroatoms. The summed E-state index contributed by atoms with van der Waals surface area (Å²) in [5.41, 5.74) is 1.17. The molecule has 0 amide bonds. The third-order valence-corrected chi connectivity index (χ3v) is 1.55. The molecule has 0 saturated carbocycles. The molecular weight excluding hydrogens is 380 g/mol. The van der Waals surface area contributed by atoms with Crippen molar-refractivity contribution in [2.45, 2.75) is 0 Å². The van der Waals surface area contributed by atoms with E-state index in [2.05, 4.69) is 6.08 Å². The van der Waals surface area contributed by atoms with Crippen LogP contribution in [-0.2, 0) is 38.9 Å². The molecule has 0 N–H and O–H groups in total. The molecule has 0 aromatic heterocycles. The second-order valence-corrected chi connectivity index (χ2v) is 2.25. The third-order valence-electron chi connectivity index (χ3n) is 1.55. The fourth-order valence-electron chi connectivity index (χ4n) is 1.06. The van der Waals surface area contributed by atoms with Crippen molar-refractivity contribution in [3.8, 4) is 5.75 Å². The Morgan fingerprint density at radius 1 is 1.17 bits per heavy atom. The van der Waals surface area contributed by atoms with Gasteiger partial charge in [-0.15, -0.1) is 0 Å². The van der Waals surface area contributed by atoms with Crippen molar-refractivity contribution in [1.82, 2.24) is 0 Å². The van der Waals surface area contributed by atoms with E-state index in [4.69, 9.17) is 4.74 Å². The maximum absolute atomic E-state index is 5.34. The average Bonchev–Trinajstić information content (AvgIpc) is 2.05. The number of benzene rings is 1. The van der Waals surface area contributed by atoms with Crippen LogP contribution in [-0.4, -0.2) is 6.61 Å². The van der Waals surface area contributed by atoms with E-state index in [9.17, 15) is 0 Å². The van der Waals surface area contributed by atoms with Crippen LogP contribution in [0.15, 0.2) is 30.3 Å². The molecule has 1 radical (unpaired) electrons. The zero-order chi connectivity index (χ0) is 6.81. The van der Waals surface area contributed by atoms with Crippen LogP contribution in [0.3, 0.4) is 0 Å². The predicted molar refractivity (Wildman–Crippen MR) is 41.0 cm³/mol. The Balaban J connectivity index is 0.000000605. The second kappa shape index (κ2) is 5.61. The molecular formula is C9H8AuNiO. The van der Waals surface area contributed by atoms with Gasteiger partial charge in [0.15, 0.2) is 0 Å². The van der Waals surface area contributed by atoms with Crippen LogP contribution in [0.4, 0.5) is 0 Å². The Labute approximate surface area is 97.6 Å². The van der Waals surface area contributed by atoms with Crippen LogP contribution in [0.25, 0.3) is 6.08 Å². The minimum atomic E-state index is 0. The summed E-state index contributed by atoms with van der Waals surface area (Å²) in [6.45, 7) is 0.705. The van der Waals surface area contributed by atoms with Crippen LogP contribution in [0.2, 0.25) is 0 Å². The van der Waals surface area contributed by atoms with Gasteiger partial charge in [0, 0.05) is 44.4 Å². The first-order valence-corrected chi connectivity index (χ1v) is 3.35. The molecule has 1 aromatic carbocycles. The van der Waals surface area contributed by atoms with E-state index >= 15 is 0 Å². The normalized spacial score (nSPS) is 11.7. The smallest absolute Gasteiger partial charge is 0.126 e. The first-order valence-electron chi connectivity index (χ1n) is 3.35. The number of ether oxygens (including phenoxy) is 1. The van der Waals surface area contributed by atoms with Gasteiger partial charge in [0.05, 0.1) is 0 Å². The van der Waals surface area contributed by atoms with Crippen molar-refractivity contribution in [3.63, 3.8) is 0 Å². The molecule has 1 heterocycles. The monoisotopic (exact) mass is 387 g/mol. The molecule has 0 atom stereocenters. The molecule has 1 aliphatic rings. The van der Waals surface area contributed by atoms with E-state index in [0.717, 1.165) is 5.75 Å². The van der Waals surface area contributed by atoms with Crippen LogP contribution < -0.4 is 4.74 Å². The molecule has 1 nitrogen and oxygen atoms in total. The Bertz CT molecular complexity index is 273. The number of rotatable bonds is 0. The van der Waals surface area contributed by atoms with E-state index in [0.29, 0.717) is 6.61 Å². The molecule has 1 aliphatic heterocycles. The Morgan fingerprint density at radius 2 is 1.92 bits per heavy atom. The summed E-state index contributed by atoms with van der Waals surface area (Å²) in [6.07, 6.45) is 4.10. The predicted octanol–water partition coefficient (Wildman–Crippen LogP) is 2.09. The molecule has 0 saturated heterocycles. The Hall–Kier alpha value is -0.00623. The number of hydrogen-bond acceptors (Lipinski definition) is 1. The fraction of sp³-hybridized carbons (Fsp3) is 0.111. The Kier molecular flexibility index (Phi) is 5.60. The fourth-order valence-corrected chi connectivity index (χ4v) is 1.06. The van der Waals surface area contributed by atoms with Gasteiger partial charge in [-0.2, -0.15) is 0 Å². The summed E-state index contributed by atoms with van der Waals surface area (Å²) in [5, 5.41) is 0. The minimum absolute atomic E-state index is 0. The third kappa shape index (κ3) is 2.50. The zero-order valence-corrected chi connectivity index (χ0v) is 9.35. The molecule has 0 bridgehead atoms. The summed E-state index contributed by atoms with van der Waals surface area (Å²) >= 11 is 0. The molecule has 71 valence electrons.